The lowest BCUT2D eigenvalue weighted by molar-refractivity contribution is 0.378. The second-order valence-electron chi connectivity index (χ2n) is 5.85. The molecule has 1 aliphatic rings. The maximum absolute atomic E-state index is 5.53. The molecule has 132 valence electrons. The van der Waals surface area contributed by atoms with Crippen molar-refractivity contribution in [3.05, 3.63) is 48.3 Å². The number of nitrogens with zero attached hydrogens (tertiary/aromatic N) is 4. The van der Waals surface area contributed by atoms with Crippen molar-refractivity contribution in [2.24, 2.45) is 0 Å². The number of hydrogen-bond acceptors (Lipinski definition) is 5. The lowest BCUT2D eigenvalue weighted by atomic mass is 10.1. The molecule has 0 radical (unpaired) electrons. The standard InChI is InChI=1S/C18H23N5OS/c1-24-16-5-3-15(4-6-16)7-10-21-18(25)23-13-11-22(12-14-23)17-19-8-2-9-20-17/h2-6,8-9H,7,10-14H2,1H3,(H,21,25). The van der Waals surface area contributed by atoms with E-state index in [1.54, 1.807) is 19.5 Å². The number of aromatic nitrogens is 2. The van der Waals surface area contributed by atoms with Crippen LogP contribution in [0.15, 0.2) is 42.7 Å². The van der Waals surface area contributed by atoms with Gasteiger partial charge in [-0.25, -0.2) is 9.97 Å². The summed E-state index contributed by atoms with van der Waals surface area (Å²) in [5, 5.41) is 4.18. The zero-order valence-corrected chi connectivity index (χ0v) is 15.2. The minimum absolute atomic E-state index is 0.792. The van der Waals surface area contributed by atoms with Crippen LogP contribution in [0.25, 0.3) is 0 Å². The Morgan fingerprint density at radius 3 is 2.44 bits per heavy atom. The first-order valence-corrected chi connectivity index (χ1v) is 8.85. The van der Waals surface area contributed by atoms with Gasteiger partial charge in [0.1, 0.15) is 5.75 Å². The molecule has 1 aliphatic heterocycles. The molecule has 0 saturated carbocycles. The molecule has 3 rings (SSSR count). The minimum atomic E-state index is 0.792. The topological polar surface area (TPSA) is 53.5 Å². The number of ether oxygens (including phenoxy) is 1. The third-order valence-corrected chi connectivity index (χ3v) is 4.65. The van der Waals surface area contributed by atoms with Crippen molar-refractivity contribution in [2.45, 2.75) is 6.42 Å². The van der Waals surface area contributed by atoms with Crippen LogP contribution >= 0.6 is 12.2 Å². The second-order valence-corrected chi connectivity index (χ2v) is 6.24. The maximum atomic E-state index is 5.53. The molecule has 6 nitrogen and oxygen atoms in total. The summed E-state index contributed by atoms with van der Waals surface area (Å²) >= 11 is 5.53. The minimum Gasteiger partial charge on any atom is -0.497 e. The molecule has 0 spiro atoms. The zero-order chi connectivity index (χ0) is 17.5. The van der Waals surface area contributed by atoms with Gasteiger partial charge in [-0.15, -0.1) is 0 Å². The molecular weight excluding hydrogens is 334 g/mol. The Kier molecular flexibility index (Phi) is 6.00. The molecule has 1 saturated heterocycles. The van der Waals surface area contributed by atoms with Crippen LogP contribution in [0.2, 0.25) is 0 Å². The average Bonchev–Trinajstić information content (AvgIpc) is 2.69. The number of methoxy groups -OCH3 is 1. The van der Waals surface area contributed by atoms with E-state index in [9.17, 15) is 0 Å². The van der Waals surface area contributed by atoms with Crippen LogP contribution in [0.4, 0.5) is 5.95 Å². The fourth-order valence-electron chi connectivity index (χ4n) is 2.78. The number of piperazine rings is 1. The van der Waals surface area contributed by atoms with Gasteiger partial charge in [0.15, 0.2) is 5.11 Å². The van der Waals surface area contributed by atoms with Gasteiger partial charge in [-0.05, 0) is 42.4 Å². The smallest absolute Gasteiger partial charge is 0.225 e. The molecule has 7 heteroatoms. The monoisotopic (exact) mass is 357 g/mol. The van der Waals surface area contributed by atoms with Gasteiger partial charge < -0.3 is 19.9 Å². The molecule has 1 aromatic heterocycles. The highest BCUT2D eigenvalue weighted by Gasteiger charge is 2.20. The Morgan fingerprint density at radius 2 is 1.80 bits per heavy atom. The summed E-state index contributed by atoms with van der Waals surface area (Å²) in [5.41, 5.74) is 1.27. The molecule has 0 aliphatic carbocycles. The van der Waals surface area contributed by atoms with Gasteiger partial charge in [0.2, 0.25) is 5.95 Å². The van der Waals surface area contributed by atoms with Crippen LogP contribution in [0.1, 0.15) is 5.56 Å². The van der Waals surface area contributed by atoms with Crippen LogP contribution in [0.5, 0.6) is 5.75 Å². The van der Waals surface area contributed by atoms with E-state index in [1.807, 2.05) is 18.2 Å². The van der Waals surface area contributed by atoms with Crippen LogP contribution in [0.3, 0.4) is 0 Å². The molecule has 0 atom stereocenters. The highest BCUT2D eigenvalue weighted by molar-refractivity contribution is 7.80. The van der Waals surface area contributed by atoms with Crippen LogP contribution in [-0.4, -0.2) is 59.8 Å². The molecule has 1 N–H and O–H groups in total. The summed E-state index contributed by atoms with van der Waals surface area (Å²) in [7, 11) is 1.68. The van der Waals surface area contributed by atoms with E-state index in [-0.39, 0.29) is 0 Å². The number of thiocarbonyl (C=S) groups is 1. The number of nitrogens with one attached hydrogen (secondary N) is 1. The van der Waals surface area contributed by atoms with Crippen LogP contribution in [-0.2, 0) is 6.42 Å². The Morgan fingerprint density at radius 1 is 1.12 bits per heavy atom. The van der Waals surface area contributed by atoms with E-state index in [0.29, 0.717) is 0 Å². The summed E-state index contributed by atoms with van der Waals surface area (Å²) in [6.07, 6.45) is 4.49. The quantitative estimate of drug-likeness (QED) is 0.818. The summed E-state index contributed by atoms with van der Waals surface area (Å²) in [4.78, 5) is 13.0. The van der Waals surface area contributed by atoms with Crippen molar-refractivity contribution in [3.63, 3.8) is 0 Å². The van der Waals surface area contributed by atoms with Crippen molar-refractivity contribution in [1.29, 1.82) is 0 Å². The zero-order valence-electron chi connectivity index (χ0n) is 14.4. The molecule has 0 unspecified atom stereocenters. The molecule has 1 aromatic carbocycles. The largest absolute Gasteiger partial charge is 0.497 e. The maximum Gasteiger partial charge on any atom is 0.225 e. The Bertz CT molecular complexity index is 672. The Labute approximate surface area is 153 Å². The van der Waals surface area contributed by atoms with Crippen molar-refractivity contribution < 1.29 is 4.74 Å². The third kappa shape index (κ3) is 4.79. The number of hydrogen-bond donors (Lipinski definition) is 1. The summed E-state index contributed by atoms with van der Waals surface area (Å²) < 4.78 is 5.18. The van der Waals surface area contributed by atoms with Crippen molar-refractivity contribution in [1.82, 2.24) is 20.2 Å². The van der Waals surface area contributed by atoms with Crippen molar-refractivity contribution in [3.8, 4) is 5.75 Å². The van der Waals surface area contributed by atoms with Gasteiger partial charge in [-0.3, -0.25) is 0 Å². The first kappa shape index (κ1) is 17.4. The Hall–Kier alpha value is -2.41. The second kappa shape index (κ2) is 8.62. The summed E-state index contributed by atoms with van der Waals surface area (Å²) in [6, 6.07) is 9.98. The lowest BCUT2D eigenvalue weighted by Crippen LogP contribution is -2.52. The van der Waals surface area contributed by atoms with Gasteiger partial charge in [-0.2, -0.15) is 0 Å². The molecule has 0 amide bonds. The van der Waals surface area contributed by atoms with Crippen LogP contribution in [0, 0.1) is 0 Å². The van der Waals surface area contributed by atoms with Crippen LogP contribution < -0.4 is 15.0 Å². The molecule has 2 aromatic rings. The Balaban J connectivity index is 1.40. The van der Waals surface area contributed by atoms with E-state index in [4.69, 9.17) is 17.0 Å². The highest BCUT2D eigenvalue weighted by atomic mass is 32.1. The predicted octanol–water partition coefficient (Wildman–Crippen LogP) is 1.72. The van der Waals surface area contributed by atoms with E-state index in [2.05, 4.69) is 37.2 Å². The predicted molar refractivity (Wildman–Crippen MR) is 103 cm³/mol. The SMILES string of the molecule is COc1ccc(CCNC(=S)N2CCN(c3ncccn3)CC2)cc1. The summed E-state index contributed by atoms with van der Waals surface area (Å²) in [5.74, 6) is 1.67. The van der Waals surface area contributed by atoms with Gasteiger partial charge in [0, 0.05) is 45.1 Å². The van der Waals surface area contributed by atoms with E-state index >= 15 is 0 Å². The molecule has 25 heavy (non-hydrogen) atoms. The van der Waals surface area contributed by atoms with E-state index in [0.717, 1.165) is 56.0 Å². The van der Waals surface area contributed by atoms with Crippen molar-refractivity contribution >= 4 is 23.3 Å². The molecular formula is C18H23N5OS. The molecule has 0 bridgehead atoms. The number of rotatable bonds is 5. The van der Waals surface area contributed by atoms with Crippen molar-refractivity contribution in [2.75, 3.05) is 44.7 Å². The first-order chi connectivity index (χ1) is 12.3. The van der Waals surface area contributed by atoms with Gasteiger partial charge in [-0.1, -0.05) is 12.1 Å². The van der Waals surface area contributed by atoms with Gasteiger partial charge >= 0.3 is 0 Å². The number of benzene rings is 1. The lowest BCUT2D eigenvalue weighted by Gasteiger charge is -2.36. The fraction of sp³-hybridized carbons (Fsp3) is 0.389. The molecule has 1 fully saturated rings. The first-order valence-electron chi connectivity index (χ1n) is 8.44. The summed E-state index contributed by atoms with van der Waals surface area (Å²) in [6.45, 7) is 4.35. The van der Waals surface area contributed by atoms with E-state index < -0.39 is 0 Å². The van der Waals surface area contributed by atoms with Gasteiger partial charge in [0.05, 0.1) is 7.11 Å². The fourth-order valence-corrected chi connectivity index (χ4v) is 3.07. The highest BCUT2D eigenvalue weighted by Crippen LogP contribution is 2.12. The number of anilines is 1. The van der Waals surface area contributed by atoms with E-state index in [1.165, 1.54) is 5.56 Å². The third-order valence-electron chi connectivity index (χ3n) is 4.25. The normalized spacial score (nSPS) is 14.3. The molecule has 2 heterocycles. The van der Waals surface area contributed by atoms with Gasteiger partial charge in [0.25, 0.3) is 0 Å². The average molecular weight is 357 g/mol.